The van der Waals surface area contributed by atoms with Crippen molar-refractivity contribution in [2.75, 3.05) is 34.2 Å². The molecule has 0 radical (unpaired) electrons. The number of ether oxygens (including phenoxy) is 4. The SMILES string of the molecule is COC(=O)/N=C(\SC)C(=Nc1ccc(-c2noc(C)n2)cc1)c1cc(OC)c2c(c1)C(OC)CO2. The number of thioether (sulfide) groups is 1. The van der Waals surface area contributed by atoms with Gasteiger partial charge in [0, 0.05) is 30.7 Å². The molecule has 0 aliphatic carbocycles. The van der Waals surface area contributed by atoms with Gasteiger partial charge in [-0.05, 0) is 42.7 Å². The highest BCUT2D eigenvalue weighted by atomic mass is 32.2. The van der Waals surface area contributed by atoms with E-state index in [0.717, 1.165) is 11.1 Å². The van der Waals surface area contributed by atoms with Crippen LogP contribution in [0.2, 0.25) is 0 Å². The van der Waals surface area contributed by atoms with Crippen molar-refractivity contribution in [2.45, 2.75) is 13.0 Å². The maximum atomic E-state index is 12.0. The zero-order valence-corrected chi connectivity index (χ0v) is 20.7. The zero-order chi connectivity index (χ0) is 24.9. The van der Waals surface area contributed by atoms with Crippen LogP contribution in [0.15, 0.2) is 50.9 Å². The molecule has 0 saturated carbocycles. The third-order valence-corrected chi connectivity index (χ3v) is 5.92. The Bertz CT molecular complexity index is 1290. The van der Waals surface area contributed by atoms with Crippen LogP contribution in [0.4, 0.5) is 10.5 Å². The Hall–Kier alpha value is -3.70. The molecule has 1 amide bonds. The average Bonchev–Trinajstić information content (AvgIpc) is 3.51. The summed E-state index contributed by atoms with van der Waals surface area (Å²) < 4.78 is 26.7. The number of hydrogen-bond donors (Lipinski definition) is 0. The first-order valence-corrected chi connectivity index (χ1v) is 11.8. The maximum Gasteiger partial charge on any atom is 0.434 e. The molecular weight excluding hydrogens is 472 g/mol. The van der Waals surface area contributed by atoms with E-state index < -0.39 is 6.09 Å². The molecule has 0 bridgehead atoms. The number of carbonyl (C=O) groups excluding carboxylic acids is 1. The van der Waals surface area contributed by atoms with Crippen molar-refractivity contribution < 1.29 is 28.3 Å². The van der Waals surface area contributed by atoms with Crippen molar-refractivity contribution in [3.8, 4) is 22.9 Å². The van der Waals surface area contributed by atoms with E-state index in [2.05, 4.69) is 15.1 Å². The molecule has 0 saturated heterocycles. The van der Waals surface area contributed by atoms with Crippen molar-refractivity contribution in [3.05, 3.63) is 53.4 Å². The minimum Gasteiger partial charge on any atom is -0.493 e. The summed E-state index contributed by atoms with van der Waals surface area (Å²) in [5.41, 5.74) is 3.40. The summed E-state index contributed by atoms with van der Waals surface area (Å²) in [4.78, 5) is 25.2. The predicted molar refractivity (Wildman–Crippen MR) is 132 cm³/mol. The lowest BCUT2D eigenvalue weighted by atomic mass is 10.0. The monoisotopic (exact) mass is 496 g/mol. The van der Waals surface area contributed by atoms with Crippen LogP contribution in [0.25, 0.3) is 11.4 Å². The third-order valence-electron chi connectivity index (χ3n) is 5.24. The number of aryl methyl sites for hydroxylation is 1. The standard InChI is InChI=1S/C24H24N4O6S/c1-13-25-22(28-34-13)14-6-8-16(9-7-14)26-20(23(35-5)27-24(29)32-4)15-10-17-19(31-3)12-33-21(17)18(11-15)30-2/h6-11,19H,12H2,1-5H3/b26-20?,27-23-. The van der Waals surface area contributed by atoms with E-state index in [9.17, 15) is 4.79 Å². The lowest BCUT2D eigenvalue weighted by Gasteiger charge is -2.14. The molecule has 2 aromatic carbocycles. The molecule has 1 aliphatic rings. The van der Waals surface area contributed by atoms with E-state index in [1.807, 2.05) is 36.6 Å². The molecule has 0 fully saturated rings. The van der Waals surface area contributed by atoms with Crippen molar-refractivity contribution in [3.63, 3.8) is 0 Å². The molecule has 10 nitrogen and oxygen atoms in total. The molecule has 1 aliphatic heterocycles. The van der Waals surface area contributed by atoms with Gasteiger partial charge in [-0.15, -0.1) is 11.8 Å². The van der Waals surface area contributed by atoms with E-state index >= 15 is 0 Å². The van der Waals surface area contributed by atoms with Gasteiger partial charge in [-0.1, -0.05) is 5.16 Å². The van der Waals surface area contributed by atoms with Gasteiger partial charge in [-0.3, -0.25) is 0 Å². The molecule has 0 spiro atoms. The minimum absolute atomic E-state index is 0.256. The van der Waals surface area contributed by atoms with Crippen LogP contribution in [0, 0.1) is 6.92 Å². The van der Waals surface area contributed by atoms with Crippen LogP contribution in [-0.2, 0) is 9.47 Å². The number of methoxy groups -OCH3 is 3. The second-order valence-electron chi connectivity index (χ2n) is 7.37. The number of fused-ring (bicyclic) bond motifs is 1. The van der Waals surface area contributed by atoms with Crippen LogP contribution in [-0.4, -0.2) is 61.2 Å². The highest BCUT2D eigenvalue weighted by Crippen LogP contribution is 2.43. The Morgan fingerprint density at radius 1 is 1.17 bits per heavy atom. The predicted octanol–water partition coefficient (Wildman–Crippen LogP) is 4.78. The van der Waals surface area contributed by atoms with E-state index in [1.54, 1.807) is 27.2 Å². The summed E-state index contributed by atoms with van der Waals surface area (Å²) in [5, 5.41) is 4.32. The number of nitrogens with zero attached hydrogens (tertiary/aromatic N) is 4. The lowest BCUT2D eigenvalue weighted by molar-refractivity contribution is 0.0814. The van der Waals surface area contributed by atoms with E-state index in [-0.39, 0.29) is 6.10 Å². The number of rotatable bonds is 6. The Morgan fingerprint density at radius 2 is 1.94 bits per heavy atom. The highest BCUT2D eigenvalue weighted by molar-refractivity contribution is 8.15. The highest BCUT2D eigenvalue weighted by Gasteiger charge is 2.29. The summed E-state index contributed by atoms with van der Waals surface area (Å²) in [6.07, 6.45) is 0.828. The first kappa shape index (κ1) is 24.4. The van der Waals surface area contributed by atoms with Gasteiger partial charge in [-0.2, -0.15) is 9.98 Å². The normalized spacial score (nSPS) is 15.5. The fourth-order valence-corrected chi connectivity index (χ4v) is 4.06. The zero-order valence-electron chi connectivity index (χ0n) is 19.9. The van der Waals surface area contributed by atoms with Gasteiger partial charge in [0.25, 0.3) is 0 Å². The fraction of sp³-hybridized carbons (Fsp3) is 0.292. The van der Waals surface area contributed by atoms with E-state index in [4.69, 9.17) is 28.5 Å². The number of hydrogen-bond acceptors (Lipinski definition) is 10. The molecule has 1 aromatic heterocycles. The molecule has 2 heterocycles. The molecule has 182 valence electrons. The van der Waals surface area contributed by atoms with Gasteiger partial charge in [0.05, 0.1) is 19.9 Å². The smallest absolute Gasteiger partial charge is 0.434 e. The molecule has 35 heavy (non-hydrogen) atoms. The van der Waals surface area contributed by atoms with Crippen molar-refractivity contribution in [2.24, 2.45) is 9.98 Å². The number of carbonyl (C=O) groups is 1. The second-order valence-corrected chi connectivity index (χ2v) is 8.16. The molecule has 1 unspecified atom stereocenters. The summed E-state index contributed by atoms with van der Waals surface area (Å²) in [5.74, 6) is 2.13. The van der Waals surface area contributed by atoms with Crippen LogP contribution in [0.3, 0.4) is 0 Å². The van der Waals surface area contributed by atoms with Crippen molar-refractivity contribution in [1.82, 2.24) is 10.1 Å². The third kappa shape index (κ3) is 5.20. The van der Waals surface area contributed by atoms with Gasteiger partial charge >= 0.3 is 6.09 Å². The minimum atomic E-state index is -0.726. The molecule has 0 N–H and O–H groups in total. The molecule has 11 heteroatoms. The number of aromatic nitrogens is 2. The van der Waals surface area contributed by atoms with Gasteiger partial charge in [0.2, 0.25) is 11.7 Å². The molecule has 1 atom stereocenters. The van der Waals surface area contributed by atoms with E-state index in [0.29, 0.717) is 51.8 Å². The molecular formula is C24H24N4O6S. The van der Waals surface area contributed by atoms with Crippen LogP contribution >= 0.6 is 11.8 Å². The van der Waals surface area contributed by atoms with Crippen LogP contribution < -0.4 is 9.47 Å². The van der Waals surface area contributed by atoms with Crippen molar-refractivity contribution >= 4 is 34.3 Å². The van der Waals surface area contributed by atoms with E-state index in [1.165, 1.54) is 18.9 Å². The van der Waals surface area contributed by atoms with Gasteiger partial charge in [0.15, 0.2) is 11.5 Å². The first-order valence-electron chi connectivity index (χ1n) is 10.6. The van der Waals surface area contributed by atoms with Crippen LogP contribution in [0.5, 0.6) is 11.5 Å². The Kier molecular flexibility index (Phi) is 7.47. The Labute approximate surface area is 206 Å². The average molecular weight is 497 g/mol. The number of aliphatic imine (C=N–C) groups is 2. The van der Waals surface area contributed by atoms with Gasteiger partial charge in [-0.25, -0.2) is 9.79 Å². The van der Waals surface area contributed by atoms with Gasteiger partial charge < -0.3 is 23.5 Å². The summed E-state index contributed by atoms with van der Waals surface area (Å²) in [7, 11) is 4.46. The number of amides is 1. The molecule has 4 rings (SSSR count). The lowest BCUT2D eigenvalue weighted by Crippen LogP contribution is -2.15. The fourth-order valence-electron chi connectivity index (χ4n) is 3.54. The Morgan fingerprint density at radius 3 is 2.54 bits per heavy atom. The van der Waals surface area contributed by atoms with Gasteiger partial charge in [0.1, 0.15) is 23.5 Å². The van der Waals surface area contributed by atoms with Crippen LogP contribution in [0.1, 0.15) is 23.1 Å². The second kappa shape index (κ2) is 10.7. The number of benzene rings is 2. The first-order chi connectivity index (χ1) is 17.0. The maximum absolute atomic E-state index is 12.0. The largest absolute Gasteiger partial charge is 0.493 e. The molecule has 3 aromatic rings. The summed E-state index contributed by atoms with van der Waals surface area (Å²) >= 11 is 1.27. The topological polar surface area (TPSA) is 118 Å². The quantitative estimate of drug-likeness (QED) is 0.351. The summed E-state index contributed by atoms with van der Waals surface area (Å²) in [6, 6.07) is 11.0. The Balaban J connectivity index is 1.83. The summed E-state index contributed by atoms with van der Waals surface area (Å²) in [6.45, 7) is 2.11. The van der Waals surface area contributed by atoms with Crippen molar-refractivity contribution in [1.29, 1.82) is 0 Å².